The Bertz CT molecular complexity index is 2300. The smallest absolute Gasteiger partial charge is 0.238 e. The number of nitrogens with zero attached hydrogens (tertiary/aromatic N) is 9. The van der Waals surface area contributed by atoms with E-state index < -0.39 is 53.0 Å². The van der Waals surface area contributed by atoms with E-state index in [1.165, 1.54) is 17.1 Å². The van der Waals surface area contributed by atoms with Gasteiger partial charge in [0.05, 0.1) is 39.2 Å². The van der Waals surface area contributed by atoms with Gasteiger partial charge in [-0.1, -0.05) is 143 Å². The molecule has 0 aliphatic carbocycles. The lowest BCUT2D eigenvalue weighted by Crippen LogP contribution is -2.42. The van der Waals surface area contributed by atoms with Crippen LogP contribution in [0, 0.1) is 0 Å². The molecule has 9 aliphatic heterocycles. The van der Waals surface area contributed by atoms with Crippen LogP contribution in [0.15, 0.2) is 36.8 Å². The number of carbonyl (C=O) groups excluding carboxylic acids is 4. The van der Waals surface area contributed by atoms with E-state index in [4.69, 9.17) is 0 Å². The summed E-state index contributed by atoms with van der Waals surface area (Å²) in [5.74, 6) is 4.13. The first-order chi connectivity index (χ1) is 49.1. The first kappa shape index (κ1) is 119. The molecule has 4 amide bonds. The zero-order chi connectivity index (χ0) is 83.6. The highest BCUT2D eigenvalue weighted by Crippen LogP contribution is 2.19. The molecule has 0 radical (unpaired) electrons. The molecule has 3 atom stereocenters. The molecule has 0 bridgehead atoms. The fourth-order valence-corrected chi connectivity index (χ4v) is 17.4. The lowest BCUT2D eigenvalue weighted by Gasteiger charge is -2.30. The zero-order valence-electron chi connectivity index (χ0n) is 74.2. The van der Waals surface area contributed by atoms with E-state index in [9.17, 15) is 48.6 Å². The minimum absolute atomic E-state index is 0.0451. The van der Waals surface area contributed by atoms with E-state index in [0.717, 1.165) is 108 Å². The minimum atomic E-state index is -2.96. The second-order valence-electron chi connectivity index (χ2n) is 24.9. The summed E-state index contributed by atoms with van der Waals surface area (Å²) in [5, 5.41) is 0. The average Bonchev–Trinajstić information content (AvgIpc) is 1.75. The van der Waals surface area contributed by atoms with Gasteiger partial charge in [-0.3, -0.25) is 27.8 Å². The molecule has 0 saturated carbocycles. The van der Waals surface area contributed by atoms with Gasteiger partial charge < -0.3 is 19.6 Å². The summed E-state index contributed by atoms with van der Waals surface area (Å²) < 4.78 is 87.1. The van der Waals surface area contributed by atoms with Gasteiger partial charge >= 0.3 is 0 Å². The molecular formula is C79H171N9O11S5. The summed E-state index contributed by atoms with van der Waals surface area (Å²) in [6.07, 6.45) is 23.4. The van der Waals surface area contributed by atoms with Crippen LogP contribution >= 0.6 is 0 Å². The zero-order valence-corrected chi connectivity index (χ0v) is 78.3. The summed E-state index contributed by atoms with van der Waals surface area (Å²) in [6, 6.07) is 2.95. The van der Waals surface area contributed by atoms with Crippen molar-refractivity contribution in [2.75, 3.05) is 68.0 Å². The van der Waals surface area contributed by atoms with E-state index in [0.29, 0.717) is 84.5 Å². The van der Waals surface area contributed by atoms with Gasteiger partial charge in [0.25, 0.3) is 0 Å². The summed E-state index contributed by atoms with van der Waals surface area (Å²) >= 11 is 0. The van der Waals surface area contributed by atoms with Gasteiger partial charge in [0, 0.05) is 149 Å². The fourth-order valence-electron chi connectivity index (χ4n) is 10.1. The molecule has 0 aromatic carbocycles. The highest BCUT2D eigenvalue weighted by Gasteiger charge is 2.29. The van der Waals surface area contributed by atoms with Gasteiger partial charge in [-0.25, -0.2) is 38.1 Å². The van der Waals surface area contributed by atoms with Crippen LogP contribution in [-0.4, -0.2) is 217 Å². The minimum Gasteiger partial charge on any atom is -0.340 e. The van der Waals surface area contributed by atoms with Crippen molar-refractivity contribution in [1.82, 2.24) is 41.1 Å². The third-order valence-electron chi connectivity index (χ3n) is 14.8. The van der Waals surface area contributed by atoms with Crippen molar-refractivity contribution in [2.24, 2.45) is 0 Å². The van der Waals surface area contributed by atoms with Crippen LogP contribution in [0.2, 0.25) is 0 Å². The summed E-state index contributed by atoms with van der Waals surface area (Å²) in [6.45, 7) is 78.0. The van der Waals surface area contributed by atoms with Gasteiger partial charge in [-0.05, 0) is 182 Å². The molecule has 25 heteroatoms. The van der Waals surface area contributed by atoms with Crippen molar-refractivity contribution in [3.63, 3.8) is 0 Å². The fraction of sp³-hybridized carbons (Fsp3) is 0.873. The van der Waals surface area contributed by atoms with E-state index in [1.807, 2.05) is 228 Å². The lowest BCUT2D eigenvalue weighted by atomic mass is 10.1. The molecule has 9 heterocycles. The number of amides is 4. The molecule has 9 rings (SSSR count). The molecule has 0 spiro atoms. The number of hydrogen-bond donors (Lipinski definition) is 0. The Morgan fingerprint density at radius 1 is 0.327 bits per heavy atom. The maximum Gasteiger partial charge on any atom is 0.238 e. The first-order valence-electron chi connectivity index (χ1n) is 40.8. The first-order valence-corrected chi connectivity index (χ1v) is 47.8. The Morgan fingerprint density at radius 2 is 0.702 bits per heavy atom. The van der Waals surface area contributed by atoms with Gasteiger partial charge in [0.2, 0.25) is 43.7 Å². The second-order valence-corrected chi connectivity index (χ2v) is 33.3. The summed E-state index contributed by atoms with van der Waals surface area (Å²) in [7, 11) is -7.95. The van der Waals surface area contributed by atoms with Crippen LogP contribution in [0.3, 0.4) is 0 Å². The third-order valence-corrected chi connectivity index (χ3v) is 23.7. The number of likely N-dealkylation sites (tertiary alicyclic amines) is 3. The van der Waals surface area contributed by atoms with Crippen LogP contribution < -0.4 is 0 Å². The average molecular weight is 1580 g/mol. The molecule has 6 saturated heterocycles. The molecule has 0 aromatic rings. The van der Waals surface area contributed by atoms with Crippen LogP contribution in [0.4, 0.5) is 0 Å². The highest BCUT2D eigenvalue weighted by molar-refractivity contribution is 7.89. The number of piperidine rings is 1. The Balaban J connectivity index is -0.000000136. The molecule has 9 aliphatic rings. The van der Waals surface area contributed by atoms with Gasteiger partial charge in [0.15, 0.2) is 0 Å². The normalized spacial score (nSPS) is 20.0. The topological polar surface area (TPSA) is 217 Å². The molecule has 628 valence electrons. The molecular weight excluding hydrogens is 1410 g/mol. The predicted molar refractivity (Wildman–Crippen MR) is 458 cm³/mol. The highest BCUT2D eigenvalue weighted by atomic mass is 32.2. The Hall–Kier alpha value is -3.07. The van der Waals surface area contributed by atoms with Crippen molar-refractivity contribution >= 4 is 76.6 Å². The SMILES string of the molecule is CC.CC.CC.CC.CC.CC.CC.CC.CC.CC(C)N1C=CCC1=O.CC(C)N1C=CCS1(=O)=O.CC(C)N1C=CCS1=O.CC(C)N1CCCC1=O.CC(C)N1CCCC1=O.CC(C)N1CCCCC1=O.CC(C)N1CCCCS1(=O)=O.CC(C)N1CCCCS1=O.CC(C)N1CCCS1=O. The van der Waals surface area contributed by atoms with Crippen LogP contribution in [0.5, 0.6) is 0 Å². The Morgan fingerprint density at radius 3 is 0.913 bits per heavy atom. The molecule has 20 nitrogen and oxygen atoms in total. The number of sulfonamides is 2. The maximum absolute atomic E-state index is 11.3. The van der Waals surface area contributed by atoms with Crippen LogP contribution in [0.1, 0.15) is 333 Å². The van der Waals surface area contributed by atoms with Gasteiger partial charge in [-0.2, -0.15) is 4.31 Å². The molecule has 3 unspecified atom stereocenters. The quantitative estimate of drug-likeness (QED) is 0.211. The van der Waals surface area contributed by atoms with E-state index >= 15 is 0 Å². The van der Waals surface area contributed by atoms with Crippen LogP contribution in [-0.2, 0) is 72.2 Å². The van der Waals surface area contributed by atoms with Crippen molar-refractivity contribution < 1.29 is 48.6 Å². The largest absolute Gasteiger partial charge is 0.340 e. The number of hydrogen-bond acceptors (Lipinski definition) is 11. The Labute approximate surface area is 654 Å². The third kappa shape index (κ3) is 54.5. The molecule has 104 heavy (non-hydrogen) atoms. The van der Waals surface area contributed by atoms with Crippen molar-refractivity contribution in [3.05, 3.63) is 36.8 Å². The van der Waals surface area contributed by atoms with Crippen LogP contribution in [0.25, 0.3) is 0 Å². The van der Waals surface area contributed by atoms with Crippen molar-refractivity contribution in [1.29, 1.82) is 0 Å². The molecule has 0 N–H and O–H groups in total. The number of carbonyl (C=O) groups is 4. The molecule has 0 aromatic heterocycles. The monoisotopic (exact) mass is 1580 g/mol. The lowest BCUT2D eigenvalue weighted by molar-refractivity contribution is -0.135. The molecule has 6 fully saturated rings. The van der Waals surface area contributed by atoms with Crippen molar-refractivity contribution in [2.45, 2.75) is 387 Å². The summed E-state index contributed by atoms with van der Waals surface area (Å²) in [4.78, 5) is 51.5. The Kier molecular flexibility index (Phi) is 86.4. The van der Waals surface area contributed by atoms with E-state index in [-0.39, 0.29) is 23.7 Å². The summed E-state index contributed by atoms with van der Waals surface area (Å²) in [5.41, 5.74) is 0. The van der Waals surface area contributed by atoms with E-state index in [2.05, 4.69) is 73.5 Å². The standard InChI is InChI=1S/C8H15NO.C7H15NO2S.C7H15NOS.2C7H13NO.C7H11NO.C6H11NO2S.C6H13NOS.C6H11NOS.9C2H6/c1-7(2)9-6-4-3-5-8(9)10;1-7(2)8-5-3-4-6-11(8,9)10;1-7(2)8-5-3-4-6-10(8)9;3*1-6(2)8-5-3-4-7(8)9;1-6(2)7-4-3-5-10(7,8)9;2*1-6(2)7-4-3-5-9(7)8;9*1-2/h7H,3-6H2,1-2H3;7H,3-6H2,1-2H3;7H,3-6H2,1-2H3;2*6H,3-5H2,1-2H3;3,5-6H,4H2,1-2H3;3-4,6H,5H2,1-2H3;6H,3-5H2,1-2H3;3-4,6H,5H2,1-2H3;9*1-2H3. The van der Waals surface area contributed by atoms with Gasteiger partial charge in [-0.15, -0.1) is 0 Å². The predicted octanol–water partition coefficient (Wildman–Crippen LogP) is 18.0. The maximum atomic E-state index is 11.3. The van der Waals surface area contributed by atoms with E-state index in [1.54, 1.807) is 21.5 Å². The second kappa shape index (κ2) is 75.3. The van der Waals surface area contributed by atoms with Crippen molar-refractivity contribution in [3.8, 4) is 0 Å². The number of rotatable bonds is 9. The van der Waals surface area contributed by atoms with Gasteiger partial charge in [0.1, 0.15) is 11.0 Å².